The van der Waals surface area contributed by atoms with Crippen LogP contribution in [0.25, 0.3) is 0 Å². The van der Waals surface area contributed by atoms with Gasteiger partial charge < -0.3 is 9.73 Å². The molecule has 3 rings (SSSR count). The van der Waals surface area contributed by atoms with Crippen molar-refractivity contribution in [2.45, 2.75) is 32.4 Å². The smallest absolute Gasteiger partial charge is 0.254 e. The Labute approximate surface area is 129 Å². The number of aryl methyl sites for hydroxylation is 2. The topological polar surface area (TPSA) is 76.2 Å². The molecule has 2 aromatic heterocycles. The second-order valence-corrected chi connectivity index (χ2v) is 5.81. The first kappa shape index (κ1) is 14.8. The molecule has 0 aromatic carbocycles. The Hall–Kier alpha value is -2.15. The number of rotatable bonds is 4. The molecule has 1 unspecified atom stereocenters. The van der Waals surface area contributed by atoms with Gasteiger partial charge in [-0.1, -0.05) is 0 Å². The molecule has 1 aliphatic rings. The fourth-order valence-corrected chi connectivity index (χ4v) is 2.83. The summed E-state index contributed by atoms with van der Waals surface area (Å²) in [4.78, 5) is 18.8. The molecule has 1 amide bonds. The van der Waals surface area contributed by atoms with Crippen molar-refractivity contribution < 1.29 is 9.21 Å². The first-order valence-corrected chi connectivity index (χ1v) is 7.53. The van der Waals surface area contributed by atoms with Crippen molar-refractivity contribution in [3.63, 3.8) is 0 Å². The van der Waals surface area contributed by atoms with Gasteiger partial charge in [-0.25, -0.2) is 4.98 Å². The van der Waals surface area contributed by atoms with E-state index in [1.807, 2.05) is 6.92 Å². The van der Waals surface area contributed by atoms with Gasteiger partial charge in [0.05, 0.1) is 17.5 Å². The van der Waals surface area contributed by atoms with E-state index >= 15 is 0 Å². The highest BCUT2D eigenvalue weighted by atomic mass is 16.3. The summed E-state index contributed by atoms with van der Waals surface area (Å²) in [6.07, 6.45) is 7.09. The molecular formula is C15H21N5O2. The summed E-state index contributed by atoms with van der Waals surface area (Å²) in [5, 5.41) is 7.12. The summed E-state index contributed by atoms with van der Waals surface area (Å²) in [7, 11) is 1.80. The predicted molar refractivity (Wildman–Crippen MR) is 80.2 cm³/mol. The lowest BCUT2D eigenvalue weighted by atomic mass is 10.1. The second-order valence-electron chi connectivity index (χ2n) is 5.81. The normalized spacial score (nSPS) is 19.3. The van der Waals surface area contributed by atoms with Gasteiger partial charge in [0.1, 0.15) is 6.26 Å². The van der Waals surface area contributed by atoms with Crippen molar-refractivity contribution in [2.75, 3.05) is 13.1 Å². The molecule has 7 heteroatoms. The molecule has 1 fully saturated rings. The maximum atomic E-state index is 12.2. The van der Waals surface area contributed by atoms with Crippen molar-refractivity contribution in [2.24, 2.45) is 7.05 Å². The quantitative estimate of drug-likeness (QED) is 0.915. The first-order valence-electron chi connectivity index (χ1n) is 7.53. The molecule has 118 valence electrons. The Kier molecular flexibility index (Phi) is 4.24. The second kappa shape index (κ2) is 6.31. The summed E-state index contributed by atoms with van der Waals surface area (Å²) in [5.41, 5.74) is 1.54. The summed E-state index contributed by atoms with van der Waals surface area (Å²) < 4.78 is 6.87. The standard InChI is InChI=1S/C15H21N5O2/c1-11-17-14(10-22-11)9-20-5-3-4-13(8-20)18-15(21)12-6-16-19(2)7-12/h6-7,10,13H,3-5,8-9H2,1-2H3,(H,18,21). The molecule has 0 saturated carbocycles. The van der Waals surface area contributed by atoms with Crippen LogP contribution >= 0.6 is 0 Å². The fourth-order valence-electron chi connectivity index (χ4n) is 2.83. The number of carbonyl (C=O) groups excluding carboxylic acids is 1. The third-order valence-corrected chi connectivity index (χ3v) is 3.86. The summed E-state index contributed by atoms with van der Waals surface area (Å²) in [6, 6.07) is 0.162. The van der Waals surface area contributed by atoms with Crippen molar-refractivity contribution in [1.29, 1.82) is 0 Å². The van der Waals surface area contributed by atoms with Gasteiger partial charge in [-0.2, -0.15) is 5.10 Å². The van der Waals surface area contributed by atoms with Crippen LogP contribution < -0.4 is 5.32 Å². The van der Waals surface area contributed by atoms with Crippen LogP contribution in [0.5, 0.6) is 0 Å². The molecule has 1 saturated heterocycles. The van der Waals surface area contributed by atoms with Crippen molar-refractivity contribution in [1.82, 2.24) is 25.0 Å². The van der Waals surface area contributed by atoms with Gasteiger partial charge in [0.2, 0.25) is 0 Å². The monoisotopic (exact) mass is 303 g/mol. The molecule has 1 N–H and O–H groups in total. The third-order valence-electron chi connectivity index (χ3n) is 3.86. The van der Waals surface area contributed by atoms with E-state index in [4.69, 9.17) is 4.42 Å². The number of nitrogens with zero attached hydrogens (tertiary/aromatic N) is 4. The van der Waals surface area contributed by atoms with E-state index in [1.165, 1.54) is 0 Å². The van der Waals surface area contributed by atoms with Gasteiger partial charge in [-0.3, -0.25) is 14.4 Å². The maximum Gasteiger partial charge on any atom is 0.254 e. The van der Waals surface area contributed by atoms with Gasteiger partial charge in [0.25, 0.3) is 5.91 Å². The zero-order valence-electron chi connectivity index (χ0n) is 13.0. The van der Waals surface area contributed by atoms with E-state index in [2.05, 4.69) is 20.3 Å². The highest BCUT2D eigenvalue weighted by Crippen LogP contribution is 2.14. The summed E-state index contributed by atoms with van der Waals surface area (Å²) in [5.74, 6) is 0.630. The zero-order valence-corrected chi connectivity index (χ0v) is 13.0. The zero-order chi connectivity index (χ0) is 15.5. The van der Waals surface area contributed by atoms with Crippen LogP contribution in [0, 0.1) is 6.92 Å². The van der Waals surface area contributed by atoms with Gasteiger partial charge in [0.15, 0.2) is 5.89 Å². The van der Waals surface area contributed by atoms with E-state index in [1.54, 1.807) is 30.4 Å². The van der Waals surface area contributed by atoms with Gasteiger partial charge in [0, 0.05) is 39.3 Å². The fraction of sp³-hybridized carbons (Fsp3) is 0.533. The number of carbonyl (C=O) groups is 1. The Balaban J connectivity index is 1.55. The highest BCUT2D eigenvalue weighted by Gasteiger charge is 2.23. The molecule has 7 nitrogen and oxygen atoms in total. The van der Waals surface area contributed by atoms with Crippen molar-refractivity contribution in [3.8, 4) is 0 Å². The largest absolute Gasteiger partial charge is 0.449 e. The van der Waals surface area contributed by atoms with E-state index in [0.29, 0.717) is 11.5 Å². The number of aromatic nitrogens is 3. The minimum absolute atomic E-state index is 0.0581. The molecular weight excluding hydrogens is 282 g/mol. The Bertz CT molecular complexity index is 648. The van der Waals surface area contributed by atoms with Crippen LogP contribution in [0.4, 0.5) is 0 Å². The van der Waals surface area contributed by atoms with Crippen LogP contribution in [0.3, 0.4) is 0 Å². The van der Waals surface area contributed by atoms with E-state index in [-0.39, 0.29) is 11.9 Å². The Morgan fingerprint density at radius 3 is 3.09 bits per heavy atom. The lowest BCUT2D eigenvalue weighted by Crippen LogP contribution is -2.47. The van der Waals surface area contributed by atoms with E-state index in [9.17, 15) is 4.79 Å². The van der Waals surface area contributed by atoms with E-state index in [0.717, 1.165) is 38.2 Å². The molecule has 22 heavy (non-hydrogen) atoms. The maximum absolute atomic E-state index is 12.2. The number of piperidine rings is 1. The number of hydrogen-bond acceptors (Lipinski definition) is 5. The third kappa shape index (κ3) is 3.54. The Morgan fingerprint density at radius 1 is 1.55 bits per heavy atom. The molecule has 2 aromatic rings. The van der Waals surface area contributed by atoms with Crippen molar-refractivity contribution >= 4 is 5.91 Å². The van der Waals surface area contributed by atoms with Crippen LogP contribution in [0.2, 0.25) is 0 Å². The SMILES string of the molecule is Cc1nc(CN2CCCC(NC(=O)c3cnn(C)c3)C2)co1. The van der Waals surface area contributed by atoms with Crippen molar-refractivity contribution in [3.05, 3.63) is 35.8 Å². The number of hydrogen-bond donors (Lipinski definition) is 1. The molecule has 0 spiro atoms. The minimum Gasteiger partial charge on any atom is -0.449 e. The number of nitrogens with one attached hydrogen (secondary N) is 1. The summed E-state index contributed by atoms with van der Waals surface area (Å²) >= 11 is 0. The number of likely N-dealkylation sites (tertiary alicyclic amines) is 1. The Morgan fingerprint density at radius 2 is 2.41 bits per heavy atom. The summed E-state index contributed by atoms with van der Waals surface area (Å²) in [6.45, 7) is 4.45. The molecule has 0 bridgehead atoms. The molecule has 0 aliphatic carbocycles. The highest BCUT2D eigenvalue weighted by molar-refractivity contribution is 5.93. The molecule has 0 radical (unpaired) electrons. The number of amides is 1. The van der Waals surface area contributed by atoms with Gasteiger partial charge in [-0.15, -0.1) is 0 Å². The van der Waals surface area contributed by atoms with Crippen LogP contribution in [-0.2, 0) is 13.6 Å². The van der Waals surface area contributed by atoms with Crippen LogP contribution in [0.1, 0.15) is 34.8 Å². The van der Waals surface area contributed by atoms with Gasteiger partial charge >= 0.3 is 0 Å². The molecule has 1 atom stereocenters. The van der Waals surface area contributed by atoms with E-state index < -0.39 is 0 Å². The number of oxazole rings is 1. The average Bonchev–Trinajstić information content (AvgIpc) is 3.08. The van der Waals surface area contributed by atoms with Gasteiger partial charge in [-0.05, 0) is 19.4 Å². The first-order chi connectivity index (χ1) is 10.6. The lowest BCUT2D eigenvalue weighted by Gasteiger charge is -2.32. The lowest BCUT2D eigenvalue weighted by molar-refractivity contribution is 0.0900. The van der Waals surface area contributed by atoms with Crippen LogP contribution in [0.15, 0.2) is 23.1 Å². The average molecular weight is 303 g/mol. The minimum atomic E-state index is -0.0581. The molecule has 3 heterocycles. The van der Waals surface area contributed by atoms with Crippen LogP contribution in [-0.4, -0.2) is 44.7 Å². The predicted octanol–water partition coefficient (Wildman–Crippen LogP) is 1.11. The molecule has 1 aliphatic heterocycles.